The Labute approximate surface area is 235 Å². The lowest BCUT2D eigenvalue weighted by molar-refractivity contribution is 0.136. The van der Waals surface area contributed by atoms with Gasteiger partial charge in [-0.05, 0) is 93.4 Å². The lowest BCUT2D eigenvalue weighted by Gasteiger charge is -2.31. The normalized spacial score (nSPS) is 18.5. The van der Waals surface area contributed by atoms with Crippen LogP contribution in [-0.2, 0) is 16.4 Å². The van der Waals surface area contributed by atoms with Gasteiger partial charge in [0.2, 0.25) is 10.0 Å². The van der Waals surface area contributed by atoms with Gasteiger partial charge in [0.15, 0.2) is 0 Å². The summed E-state index contributed by atoms with van der Waals surface area (Å²) in [5, 5.41) is 10.2. The van der Waals surface area contributed by atoms with Gasteiger partial charge < -0.3 is 20.5 Å². The van der Waals surface area contributed by atoms with Crippen molar-refractivity contribution in [1.82, 2.24) is 14.6 Å². The number of nitrogens with two attached hydrogens (primary N) is 1. The standard InChI is InChI=1S/C29H38N4O4S2/c1-19(2)37-27-9-6-21(16-25(27)30)29-31-17-28(38-29)24-5-3-4-23-22(24)7-8-26(23)32-39(35,36)15-14-33-12-10-20(18-34)11-13-33/h3-6,9,16-17,19-20,26,32,34H,7-8,10-15,18,30H2,1-2H3/t26-/m0/s1. The quantitative estimate of drug-likeness (QED) is 0.308. The second-order valence-corrected chi connectivity index (χ2v) is 13.7. The Morgan fingerprint density at radius 2 is 2.00 bits per heavy atom. The van der Waals surface area contributed by atoms with Crippen molar-refractivity contribution in [2.75, 3.05) is 37.7 Å². The number of likely N-dealkylation sites (tertiary alicyclic amines) is 1. The number of nitrogens with zero attached hydrogens (tertiary/aromatic N) is 2. The minimum absolute atomic E-state index is 0.0493. The van der Waals surface area contributed by atoms with Gasteiger partial charge >= 0.3 is 0 Å². The third kappa shape index (κ3) is 6.63. The molecule has 1 fully saturated rings. The monoisotopic (exact) mass is 570 g/mol. The summed E-state index contributed by atoms with van der Waals surface area (Å²) in [7, 11) is -3.42. The maximum absolute atomic E-state index is 13.0. The number of aromatic nitrogens is 1. The molecule has 5 rings (SSSR count). The molecule has 0 radical (unpaired) electrons. The first-order valence-electron chi connectivity index (χ1n) is 13.7. The number of hydrogen-bond acceptors (Lipinski definition) is 8. The van der Waals surface area contributed by atoms with E-state index in [0.717, 1.165) is 65.3 Å². The molecule has 4 N–H and O–H groups in total. The number of piperidine rings is 1. The number of nitrogen functional groups attached to an aromatic ring is 1. The first-order valence-corrected chi connectivity index (χ1v) is 16.2. The molecule has 3 aromatic rings. The van der Waals surface area contributed by atoms with Gasteiger partial charge in [-0.2, -0.15) is 0 Å². The van der Waals surface area contributed by atoms with E-state index in [0.29, 0.717) is 23.9 Å². The van der Waals surface area contributed by atoms with Crippen LogP contribution in [-0.4, -0.2) is 61.5 Å². The highest BCUT2D eigenvalue weighted by Crippen LogP contribution is 2.41. The van der Waals surface area contributed by atoms with Crippen molar-refractivity contribution >= 4 is 27.0 Å². The number of benzene rings is 2. The third-order valence-corrected chi connectivity index (χ3v) is 10.1. The van der Waals surface area contributed by atoms with E-state index in [2.05, 4.69) is 20.7 Å². The summed E-state index contributed by atoms with van der Waals surface area (Å²) >= 11 is 1.61. The Balaban J connectivity index is 1.27. The van der Waals surface area contributed by atoms with Crippen LogP contribution in [0, 0.1) is 5.92 Å². The highest BCUT2D eigenvalue weighted by atomic mass is 32.2. The third-order valence-electron chi connectivity index (χ3n) is 7.62. The number of fused-ring (bicyclic) bond motifs is 1. The van der Waals surface area contributed by atoms with Crippen LogP contribution in [0.1, 0.15) is 50.3 Å². The van der Waals surface area contributed by atoms with E-state index >= 15 is 0 Å². The zero-order chi connectivity index (χ0) is 27.6. The zero-order valence-electron chi connectivity index (χ0n) is 22.6. The number of nitrogens with one attached hydrogen (secondary N) is 1. The lowest BCUT2D eigenvalue weighted by atomic mass is 9.98. The van der Waals surface area contributed by atoms with Crippen molar-refractivity contribution in [1.29, 1.82) is 0 Å². The topological polar surface area (TPSA) is 118 Å². The van der Waals surface area contributed by atoms with Crippen LogP contribution in [0.5, 0.6) is 5.75 Å². The molecule has 1 aliphatic carbocycles. The molecule has 0 spiro atoms. The molecule has 1 aliphatic heterocycles. The summed E-state index contributed by atoms with van der Waals surface area (Å²) in [6.07, 6.45) is 5.35. The van der Waals surface area contributed by atoms with Crippen molar-refractivity contribution in [2.45, 2.75) is 51.7 Å². The molecule has 1 aromatic heterocycles. The van der Waals surface area contributed by atoms with Gasteiger partial charge in [0.25, 0.3) is 0 Å². The summed E-state index contributed by atoms with van der Waals surface area (Å²) in [5.74, 6) is 1.11. The molecule has 8 nitrogen and oxygen atoms in total. The summed E-state index contributed by atoms with van der Waals surface area (Å²) in [6, 6.07) is 11.7. The van der Waals surface area contributed by atoms with E-state index in [-0.39, 0.29) is 24.5 Å². The molecule has 0 bridgehead atoms. The number of hydrogen-bond donors (Lipinski definition) is 3. The average Bonchev–Trinajstić information content (AvgIpc) is 3.56. The van der Waals surface area contributed by atoms with Crippen LogP contribution in [0.4, 0.5) is 5.69 Å². The molecule has 39 heavy (non-hydrogen) atoms. The fourth-order valence-electron chi connectivity index (χ4n) is 5.50. The summed E-state index contributed by atoms with van der Waals surface area (Å²) in [5.41, 5.74) is 11.1. The molecule has 1 saturated heterocycles. The molecule has 210 valence electrons. The SMILES string of the molecule is CC(C)Oc1ccc(-c2ncc(-c3cccc4c3CC[C@@H]4NS(=O)(=O)CCN3CCC(CO)CC3)s2)cc1N. The van der Waals surface area contributed by atoms with Gasteiger partial charge in [-0.15, -0.1) is 11.3 Å². The van der Waals surface area contributed by atoms with E-state index in [1.54, 1.807) is 11.3 Å². The van der Waals surface area contributed by atoms with Gasteiger partial charge in [-0.3, -0.25) is 0 Å². The number of ether oxygens (including phenoxy) is 1. The van der Waals surface area contributed by atoms with Crippen molar-refractivity contribution in [3.63, 3.8) is 0 Å². The first-order chi connectivity index (χ1) is 18.7. The molecule has 0 amide bonds. The minimum Gasteiger partial charge on any atom is -0.489 e. The molecular weight excluding hydrogens is 532 g/mol. The van der Waals surface area contributed by atoms with Crippen molar-refractivity contribution in [3.05, 3.63) is 53.7 Å². The highest BCUT2D eigenvalue weighted by molar-refractivity contribution is 7.89. The van der Waals surface area contributed by atoms with Crippen molar-refractivity contribution in [2.24, 2.45) is 5.92 Å². The van der Waals surface area contributed by atoms with Crippen LogP contribution < -0.4 is 15.2 Å². The Kier molecular flexibility index (Phi) is 8.58. The molecule has 10 heteroatoms. The van der Waals surface area contributed by atoms with Crippen LogP contribution >= 0.6 is 11.3 Å². The highest BCUT2D eigenvalue weighted by Gasteiger charge is 2.29. The molecule has 2 aliphatic rings. The number of anilines is 1. The Hall–Kier alpha value is -2.50. The fourth-order valence-corrected chi connectivity index (χ4v) is 7.76. The Morgan fingerprint density at radius 1 is 1.21 bits per heavy atom. The maximum Gasteiger partial charge on any atom is 0.213 e. The summed E-state index contributed by atoms with van der Waals surface area (Å²) < 4.78 is 34.7. The van der Waals surface area contributed by atoms with Crippen molar-refractivity contribution in [3.8, 4) is 26.8 Å². The Bertz CT molecular complexity index is 1400. The van der Waals surface area contributed by atoms with Gasteiger partial charge in [0.05, 0.1) is 22.4 Å². The summed E-state index contributed by atoms with van der Waals surface area (Å²) in [4.78, 5) is 7.91. The largest absolute Gasteiger partial charge is 0.489 e. The lowest BCUT2D eigenvalue weighted by Crippen LogP contribution is -2.40. The van der Waals surface area contributed by atoms with E-state index < -0.39 is 10.0 Å². The van der Waals surface area contributed by atoms with Crippen LogP contribution in [0.15, 0.2) is 42.6 Å². The number of thiazole rings is 1. The van der Waals surface area contributed by atoms with Crippen LogP contribution in [0.25, 0.3) is 21.0 Å². The number of sulfonamides is 1. The van der Waals surface area contributed by atoms with Crippen molar-refractivity contribution < 1.29 is 18.3 Å². The first kappa shape index (κ1) is 28.0. The summed E-state index contributed by atoms with van der Waals surface area (Å²) in [6.45, 7) is 6.36. The predicted octanol–water partition coefficient (Wildman–Crippen LogP) is 4.46. The molecule has 0 saturated carbocycles. The van der Waals surface area contributed by atoms with E-state index in [1.807, 2.05) is 50.4 Å². The van der Waals surface area contributed by atoms with E-state index in [9.17, 15) is 13.5 Å². The number of aliphatic hydroxyl groups is 1. The smallest absolute Gasteiger partial charge is 0.213 e. The van der Waals surface area contributed by atoms with E-state index in [1.165, 1.54) is 5.56 Å². The second-order valence-electron chi connectivity index (χ2n) is 10.8. The van der Waals surface area contributed by atoms with Crippen LogP contribution in [0.2, 0.25) is 0 Å². The Morgan fingerprint density at radius 3 is 2.72 bits per heavy atom. The van der Waals surface area contributed by atoms with Gasteiger partial charge in [0.1, 0.15) is 10.8 Å². The van der Waals surface area contributed by atoms with Gasteiger partial charge in [-0.25, -0.2) is 18.1 Å². The van der Waals surface area contributed by atoms with E-state index in [4.69, 9.17) is 10.5 Å². The number of aliphatic hydroxyl groups excluding tert-OH is 1. The molecule has 2 aromatic carbocycles. The molecular formula is C29H38N4O4S2. The average molecular weight is 571 g/mol. The minimum atomic E-state index is -3.42. The predicted molar refractivity (Wildman–Crippen MR) is 157 cm³/mol. The van der Waals surface area contributed by atoms with Gasteiger partial charge in [0, 0.05) is 31.0 Å². The molecule has 0 unspecified atom stereocenters. The zero-order valence-corrected chi connectivity index (χ0v) is 24.2. The van der Waals surface area contributed by atoms with Crippen LogP contribution in [0.3, 0.4) is 0 Å². The molecule has 1 atom stereocenters. The fraction of sp³-hybridized carbons (Fsp3) is 0.483. The number of rotatable bonds is 10. The molecule has 2 heterocycles. The maximum atomic E-state index is 13.0. The van der Waals surface area contributed by atoms with Gasteiger partial charge in [-0.1, -0.05) is 18.2 Å². The second kappa shape index (κ2) is 11.9.